The molecule has 3 aromatic rings. The van der Waals surface area contributed by atoms with Gasteiger partial charge in [0.05, 0.1) is 35.4 Å². The summed E-state index contributed by atoms with van der Waals surface area (Å²) >= 11 is 12.9. The number of ether oxygens (including phenoxy) is 1. The molecular formula is C35H44Cl2N6O3. The van der Waals surface area contributed by atoms with Gasteiger partial charge < -0.3 is 14.2 Å². The van der Waals surface area contributed by atoms with Crippen LogP contribution in [-0.2, 0) is 28.9 Å². The molecule has 11 heteroatoms. The van der Waals surface area contributed by atoms with E-state index in [0.29, 0.717) is 48.7 Å². The maximum atomic E-state index is 14.5. The monoisotopic (exact) mass is 666 g/mol. The Hall–Kier alpha value is -3.14. The van der Waals surface area contributed by atoms with E-state index >= 15 is 0 Å². The summed E-state index contributed by atoms with van der Waals surface area (Å²) in [6.45, 7) is 11.8. The Morgan fingerprint density at radius 3 is 2.54 bits per heavy atom. The predicted octanol–water partition coefficient (Wildman–Crippen LogP) is 6.19. The molecule has 2 aliphatic heterocycles. The molecule has 3 aliphatic rings. The maximum absolute atomic E-state index is 14.5. The minimum Gasteiger partial charge on any atom is -0.449 e. The van der Waals surface area contributed by atoms with Crippen LogP contribution in [0.15, 0.2) is 43.0 Å². The standard InChI is InChI=1S/C35H44Cl2N6O3/c1-23-17-40(22-39-23)18-24-6-5-11-42(19-24)33(44)30-20-41(12-13-43(30)34(45)46-21-35(2,3)4)32-29-10-9-27(36)14-25(29)7-8-26-15-28(37)16-38-31(26)32/h9-10,14-17,22,24,30,32H,5-8,11-13,18-21H2,1-4H3/t24-,30-,32?/m1/s1. The fraction of sp³-hybridized carbons (Fsp3) is 0.543. The molecule has 9 nitrogen and oxygen atoms in total. The van der Waals surface area contributed by atoms with E-state index in [0.717, 1.165) is 60.3 Å². The van der Waals surface area contributed by atoms with Crippen LogP contribution in [-0.4, -0.2) is 86.6 Å². The second-order valence-electron chi connectivity index (χ2n) is 14.3. The minimum atomic E-state index is -0.690. The molecule has 246 valence electrons. The van der Waals surface area contributed by atoms with Crippen LogP contribution in [0.1, 0.15) is 67.7 Å². The minimum absolute atomic E-state index is 0.0295. The summed E-state index contributed by atoms with van der Waals surface area (Å²) < 4.78 is 7.91. The number of carbonyl (C=O) groups is 2. The van der Waals surface area contributed by atoms with Gasteiger partial charge in [-0.3, -0.25) is 19.6 Å². The Kier molecular flexibility index (Phi) is 9.65. The highest BCUT2D eigenvalue weighted by Gasteiger charge is 2.43. The number of piperazine rings is 1. The number of rotatable bonds is 5. The van der Waals surface area contributed by atoms with E-state index in [1.54, 1.807) is 11.1 Å². The lowest BCUT2D eigenvalue weighted by Gasteiger charge is -2.45. The lowest BCUT2D eigenvalue weighted by Crippen LogP contribution is -2.62. The van der Waals surface area contributed by atoms with Crippen LogP contribution in [0, 0.1) is 18.3 Å². The highest BCUT2D eigenvalue weighted by atomic mass is 35.5. The highest BCUT2D eigenvalue weighted by molar-refractivity contribution is 6.30. The van der Waals surface area contributed by atoms with Crippen LogP contribution in [0.3, 0.4) is 0 Å². The number of halogens is 2. The Labute approximate surface area is 281 Å². The molecule has 0 bridgehead atoms. The van der Waals surface area contributed by atoms with Crippen LogP contribution in [0.25, 0.3) is 0 Å². The number of hydrogen-bond acceptors (Lipinski definition) is 6. The van der Waals surface area contributed by atoms with Crippen molar-refractivity contribution in [1.82, 2.24) is 29.2 Å². The number of aromatic nitrogens is 3. The van der Waals surface area contributed by atoms with Gasteiger partial charge in [-0.1, -0.05) is 50.0 Å². The van der Waals surface area contributed by atoms with E-state index in [2.05, 4.69) is 20.5 Å². The lowest BCUT2D eigenvalue weighted by molar-refractivity contribution is -0.141. The average molecular weight is 668 g/mol. The van der Waals surface area contributed by atoms with Gasteiger partial charge in [0.15, 0.2) is 0 Å². The van der Waals surface area contributed by atoms with Gasteiger partial charge in [0, 0.05) is 56.7 Å². The van der Waals surface area contributed by atoms with Gasteiger partial charge in [-0.15, -0.1) is 0 Å². The molecule has 2 amide bonds. The summed E-state index contributed by atoms with van der Waals surface area (Å²) in [4.78, 5) is 43.3. The third-order valence-corrected chi connectivity index (χ3v) is 9.72. The first-order valence-electron chi connectivity index (χ1n) is 16.3. The normalized spacial score (nSPS) is 22.2. The quantitative estimate of drug-likeness (QED) is 0.323. The predicted molar refractivity (Wildman–Crippen MR) is 179 cm³/mol. The first kappa shape index (κ1) is 32.8. The number of fused-ring (bicyclic) bond motifs is 2. The molecule has 6 rings (SSSR count). The molecule has 0 spiro atoms. The molecule has 2 aromatic heterocycles. The molecule has 2 saturated heterocycles. The Bertz CT molecular complexity index is 1530. The summed E-state index contributed by atoms with van der Waals surface area (Å²) in [6, 6.07) is 7.15. The first-order valence-corrected chi connectivity index (χ1v) is 17.1. The van der Waals surface area contributed by atoms with Crippen molar-refractivity contribution >= 4 is 35.2 Å². The molecule has 46 heavy (non-hydrogen) atoms. The zero-order valence-electron chi connectivity index (χ0n) is 27.2. The molecule has 0 saturated carbocycles. The van der Waals surface area contributed by atoms with Crippen LogP contribution < -0.4 is 0 Å². The molecule has 1 unspecified atom stereocenters. The van der Waals surface area contributed by atoms with Gasteiger partial charge in [-0.05, 0) is 78.8 Å². The van der Waals surface area contributed by atoms with E-state index in [4.69, 9.17) is 32.9 Å². The molecule has 2 fully saturated rings. The summed E-state index contributed by atoms with van der Waals surface area (Å²) in [5, 5.41) is 1.30. The van der Waals surface area contributed by atoms with Crippen molar-refractivity contribution < 1.29 is 14.3 Å². The van der Waals surface area contributed by atoms with Gasteiger partial charge in [0.1, 0.15) is 6.04 Å². The van der Waals surface area contributed by atoms with Crippen LogP contribution in [0.2, 0.25) is 10.0 Å². The molecule has 3 atom stereocenters. The zero-order valence-corrected chi connectivity index (χ0v) is 28.7. The number of pyridine rings is 1. The van der Waals surface area contributed by atoms with E-state index in [1.807, 2.05) is 63.3 Å². The van der Waals surface area contributed by atoms with E-state index in [1.165, 1.54) is 0 Å². The summed E-state index contributed by atoms with van der Waals surface area (Å²) in [5.41, 5.74) is 5.11. The molecule has 0 radical (unpaired) electrons. The van der Waals surface area contributed by atoms with Crippen molar-refractivity contribution in [2.45, 2.75) is 72.0 Å². The Balaban J connectivity index is 1.30. The Morgan fingerprint density at radius 2 is 1.78 bits per heavy atom. The van der Waals surface area contributed by atoms with Crippen molar-refractivity contribution in [2.24, 2.45) is 11.3 Å². The summed E-state index contributed by atoms with van der Waals surface area (Å²) in [7, 11) is 0. The second-order valence-corrected chi connectivity index (χ2v) is 15.1. The number of imidazole rings is 1. The molecule has 4 heterocycles. The number of benzene rings is 1. The Morgan fingerprint density at radius 1 is 1.00 bits per heavy atom. The second kappa shape index (κ2) is 13.5. The largest absolute Gasteiger partial charge is 0.449 e. The van der Waals surface area contributed by atoms with Crippen molar-refractivity contribution in [2.75, 3.05) is 39.3 Å². The SMILES string of the molecule is Cc1cn(C[C@H]2CCCN(C(=O)[C@H]3CN(C4c5ccc(Cl)cc5CCc5cc(Cl)cnc54)CCN3C(=O)OCC(C)(C)C)C2)cn1. The average Bonchev–Trinajstić information content (AvgIpc) is 3.36. The number of carbonyl (C=O) groups excluding carboxylic acids is 2. The fourth-order valence-corrected chi connectivity index (χ4v) is 7.48. The van der Waals surface area contributed by atoms with Gasteiger partial charge in [0.2, 0.25) is 5.91 Å². The van der Waals surface area contributed by atoms with Crippen molar-refractivity contribution in [3.8, 4) is 0 Å². The van der Waals surface area contributed by atoms with Crippen LogP contribution >= 0.6 is 23.2 Å². The van der Waals surface area contributed by atoms with Gasteiger partial charge in [-0.25, -0.2) is 9.78 Å². The highest BCUT2D eigenvalue weighted by Crippen LogP contribution is 2.39. The summed E-state index contributed by atoms with van der Waals surface area (Å²) in [6.07, 6.45) is 8.74. The van der Waals surface area contributed by atoms with Gasteiger partial charge in [-0.2, -0.15) is 0 Å². The smallest absolute Gasteiger partial charge is 0.410 e. The summed E-state index contributed by atoms with van der Waals surface area (Å²) in [5.74, 6) is 0.282. The van der Waals surface area contributed by atoms with Crippen molar-refractivity contribution in [1.29, 1.82) is 0 Å². The topological polar surface area (TPSA) is 83.8 Å². The van der Waals surface area contributed by atoms with Crippen molar-refractivity contribution in [3.05, 3.63) is 81.1 Å². The van der Waals surface area contributed by atoms with Gasteiger partial charge >= 0.3 is 6.09 Å². The third kappa shape index (κ3) is 7.37. The third-order valence-electron chi connectivity index (χ3n) is 9.28. The van der Waals surface area contributed by atoms with Crippen LogP contribution in [0.4, 0.5) is 4.79 Å². The molecule has 1 aromatic carbocycles. The van der Waals surface area contributed by atoms with Crippen molar-refractivity contribution in [3.63, 3.8) is 0 Å². The first-order chi connectivity index (χ1) is 21.9. The number of piperidine rings is 1. The molecule has 1 aliphatic carbocycles. The van der Waals surface area contributed by atoms with E-state index in [-0.39, 0.29) is 24.0 Å². The number of aryl methyl sites for hydroxylation is 3. The lowest BCUT2D eigenvalue weighted by atomic mass is 9.94. The molecular weight excluding hydrogens is 623 g/mol. The maximum Gasteiger partial charge on any atom is 0.410 e. The van der Waals surface area contributed by atoms with Crippen LogP contribution in [0.5, 0.6) is 0 Å². The number of hydrogen-bond donors (Lipinski definition) is 0. The number of nitrogens with zero attached hydrogens (tertiary/aromatic N) is 6. The number of likely N-dealkylation sites (tertiary alicyclic amines) is 1. The van der Waals surface area contributed by atoms with E-state index in [9.17, 15) is 9.59 Å². The fourth-order valence-electron chi connectivity index (χ4n) is 7.11. The van der Waals surface area contributed by atoms with Gasteiger partial charge in [0.25, 0.3) is 0 Å². The van der Waals surface area contributed by atoms with E-state index < -0.39 is 12.1 Å². The zero-order chi connectivity index (χ0) is 32.6. The number of amides is 2. The molecule has 0 N–H and O–H groups in total.